The average Bonchev–Trinajstić information content (AvgIpc) is 2.37. The third-order valence-corrected chi connectivity index (χ3v) is 2.28. The Morgan fingerprint density at radius 2 is 1.76 bits per heavy atom. The van der Waals surface area contributed by atoms with Crippen molar-refractivity contribution in [1.29, 1.82) is 0 Å². The van der Waals surface area contributed by atoms with E-state index >= 15 is 0 Å². The maximum Gasteiger partial charge on any atom is 0.200 e. The highest BCUT2D eigenvalue weighted by atomic mass is 16.5. The molecule has 0 aromatic heterocycles. The first kappa shape index (κ1) is 13.3. The van der Waals surface area contributed by atoms with E-state index in [1.165, 1.54) is 26.4 Å². The smallest absolute Gasteiger partial charge is 0.200 e. The molecule has 6 heteroatoms. The van der Waals surface area contributed by atoms with E-state index in [2.05, 4.69) is 0 Å². The fraction of sp³-hybridized carbons (Fsp3) is 0.364. The summed E-state index contributed by atoms with van der Waals surface area (Å²) in [7, 11) is 2.66. The number of hydrogen-bond acceptors (Lipinski definition) is 6. The number of aliphatic hydroxyl groups is 2. The standard InChI is InChI=1S/C11H14O6/c1-16-8-3-6(10(14)7(13)5-12)4-9(17-2)11(8)15/h3-4,10,12,14-15H,5H2,1-2H3. The van der Waals surface area contributed by atoms with Gasteiger partial charge in [0.2, 0.25) is 5.75 Å². The predicted molar refractivity (Wildman–Crippen MR) is 58.3 cm³/mol. The number of ketones is 1. The van der Waals surface area contributed by atoms with E-state index in [1.54, 1.807) is 0 Å². The molecule has 0 radical (unpaired) electrons. The average molecular weight is 242 g/mol. The first-order valence-corrected chi connectivity index (χ1v) is 4.81. The summed E-state index contributed by atoms with van der Waals surface area (Å²) in [5.74, 6) is -0.824. The quantitative estimate of drug-likeness (QED) is 0.672. The Kier molecular flexibility index (Phi) is 4.30. The van der Waals surface area contributed by atoms with Crippen molar-refractivity contribution in [2.75, 3.05) is 20.8 Å². The van der Waals surface area contributed by atoms with Crippen LogP contribution in [-0.4, -0.2) is 41.9 Å². The van der Waals surface area contributed by atoms with Crippen molar-refractivity contribution in [3.8, 4) is 17.2 Å². The maximum absolute atomic E-state index is 11.2. The molecule has 1 atom stereocenters. The fourth-order valence-electron chi connectivity index (χ4n) is 1.34. The second-order valence-electron chi connectivity index (χ2n) is 3.30. The van der Waals surface area contributed by atoms with Gasteiger partial charge in [-0.1, -0.05) is 0 Å². The van der Waals surface area contributed by atoms with Gasteiger partial charge in [-0.25, -0.2) is 0 Å². The van der Waals surface area contributed by atoms with Gasteiger partial charge in [-0.2, -0.15) is 0 Å². The topological polar surface area (TPSA) is 96.2 Å². The number of aromatic hydroxyl groups is 1. The summed E-state index contributed by atoms with van der Waals surface area (Å²) in [4.78, 5) is 11.2. The van der Waals surface area contributed by atoms with Gasteiger partial charge in [-0.05, 0) is 17.7 Å². The van der Waals surface area contributed by atoms with Crippen molar-refractivity contribution in [1.82, 2.24) is 0 Å². The van der Waals surface area contributed by atoms with E-state index in [0.29, 0.717) is 0 Å². The number of methoxy groups -OCH3 is 2. The van der Waals surface area contributed by atoms with Crippen molar-refractivity contribution >= 4 is 5.78 Å². The Labute approximate surface area is 98.0 Å². The third-order valence-electron chi connectivity index (χ3n) is 2.28. The zero-order valence-electron chi connectivity index (χ0n) is 9.51. The molecule has 1 aromatic carbocycles. The van der Waals surface area contributed by atoms with Gasteiger partial charge in [0.05, 0.1) is 14.2 Å². The number of ether oxygens (including phenoxy) is 2. The van der Waals surface area contributed by atoms with E-state index in [-0.39, 0.29) is 22.8 Å². The first-order valence-electron chi connectivity index (χ1n) is 4.81. The largest absolute Gasteiger partial charge is 0.502 e. The van der Waals surface area contributed by atoms with E-state index in [4.69, 9.17) is 14.6 Å². The van der Waals surface area contributed by atoms with Crippen LogP contribution < -0.4 is 9.47 Å². The highest BCUT2D eigenvalue weighted by Crippen LogP contribution is 2.38. The predicted octanol–water partition coefficient (Wildman–Crippen LogP) is 0.00420. The Morgan fingerprint density at radius 3 is 2.12 bits per heavy atom. The lowest BCUT2D eigenvalue weighted by Gasteiger charge is -2.13. The SMILES string of the molecule is COc1cc(C(O)C(=O)CO)cc(OC)c1O. The molecule has 0 saturated heterocycles. The summed E-state index contributed by atoms with van der Waals surface area (Å²) < 4.78 is 9.75. The number of hydrogen-bond donors (Lipinski definition) is 3. The van der Waals surface area contributed by atoms with Gasteiger partial charge in [0, 0.05) is 0 Å². The van der Waals surface area contributed by atoms with Crippen LogP contribution in [0, 0.1) is 0 Å². The normalized spacial score (nSPS) is 12.0. The molecule has 0 heterocycles. The molecule has 1 aromatic rings. The molecular weight excluding hydrogens is 228 g/mol. The number of aliphatic hydroxyl groups excluding tert-OH is 2. The summed E-state index contributed by atoms with van der Waals surface area (Å²) in [5, 5.41) is 27.9. The van der Waals surface area contributed by atoms with Gasteiger partial charge in [0.1, 0.15) is 12.7 Å². The van der Waals surface area contributed by atoms with Crippen LogP contribution in [0.3, 0.4) is 0 Å². The Hall–Kier alpha value is -1.79. The van der Waals surface area contributed by atoms with Crippen molar-refractivity contribution in [2.24, 2.45) is 0 Å². The van der Waals surface area contributed by atoms with Crippen molar-refractivity contribution < 1.29 is 29.6 Å². The molecule has 0 amide bonds. The van der Waals surface area contributed by atoms with Crippen molar-refractivity contribution in [2.45, 2.75) is 6.10 Å². The second kappa shape index (κ2) is 5.51. The van der Waals surface area contributed by atoms with E-state index < -0.39 is 18.5 Å². The zero-order valence-corrected chi connectivity index (χ0v) is 9.51. The van der Waals surface area contributed by atoms with Gasteiger partial charge in [-0.15, -0.1) is 0 Å². The fourth-order valence-corrected chi connectivity index (χ4v) is 1.34. The molecule has 0 aliphatic heterocycles. The van der Waals surface area contributed by atoms with Crippen LogP contribution in [0.2, 0.25) is 0 Å². The molecule has 0 saturated carbocycles. The molecule has 6 nitrogen and oxygen atoms in total. The summed E-state index contributed by atoms with van der Waals surface area (Å²) in [6.07, 6.45) is -1.48. The molecule has 1 rings (SSSR count). The molecule has 1 unspecified atom stereocenters. The van der Waals surface area contributed by atoms with Crippen molar-refractivity contribution in [3.63, 3.8) is 0 Å². The van der Waals surface area contributed by atoms with Crippen LogP contribution >= 0.6 is 0 Å². The first-order chi connectivity index (χ1) is 8.04. The van der Waals surface area contributed by atoms with Crippen LogP contribution in [0.1, 0.15) is 11.7 Å². The number of Topliss-reactive ketones (excluding diaryl/α,β-unsaturated/α-hetero) is 1. The van der Waals surface area contributed by atoms with Crippen LogP contribution in [0.5, 0.6) is 17.2 Å². The minimum atomic E-state index is -1.48. The lowest BCUT2D eigenvalue weighted by Crippen LogP contribution is -2.15. The molecule has 0 spiro atoms. The molecule has 17 heavy (non-hydrogen) atoms. The van der Waals surface area contributed by atoms with Gasteiger partial charge in [0.25, 0.3) is 0 Å². The molecule has 0 aliphatic rings. The molecular formula is C11H14O6. The summed E-state index contributed by atoms with van der Waals surface area (Å²) in [5.41, 5.74) is 0.176. The minimum absolute atomic E-state index is 0.0733. The van der Waals surface area contributed by atoms with E-state index in [0.717, 1.165) is 0 Å². The molecule has 94 valence electrons. The van der Waals surface area contributed by atoms with Gasteiger partial charge < -0.3 is 24.8 Å². The summed E-state index contributed by atoms with van der Waals surface area (Å²) >= 11 is 0. The Balaban J connectivity index is 3.21. The van der Waals surface area contributed by atoms with Gasteiger partial charge in [-0.3, -0.25) is 4.79 Å². The Morgan fingerprint density at radius 1 is 1.29 bits per heavy atom. The maximum atomic E-state index is 11.2. The van der Waals surface area contributed by atoms with Crippen LogP contribution in [0.15, 0.2) is 12.1 Å². The zero-order chi connectivity index (χ0) is 13.0. The lowest BCUT2D eigenvalue weighted by molar-refractivity contribution is -0.130. The summed E-state index contributed by atoms with van der Waals surface area (Å²) in [6.45, 7) is -0.771. The van der Waals surface area contributed by atoms with Gasteiger partial charge in [0.15, 0.2) is 17.3 Å². The highest BCUT2D eigenvalue weighted by molar-refractivity contribution is 5.85. The minimum Gasteiger partial charge on any atom is -0.502 e. The van der Waals surface area contributed by atoms with Gasteiger partial charge >= 0.3 is 0 Å². The number of carbonyl (C=O) groups excluding carboxylic acids is 1. The van der Waals surface area contributed by atoms with Crippen LogP contribution in [-0.2, 0) is 4.79 Å². The lowest BCUT2D eigenvalue weighted by atomic mass is 10.0. The summed E-state index contributed by atoms with van der Waals surface area (Å²) in [6, 6.07) is 2.60. The number of phenolic OH excluding ortho intramolecular Hbond substituents is 1. The molecule has 3 N–H and O–H groups in total. The molecule has 0 fully saturated rings. The number of carbonyl (C=O) groups is 1. The third kappa shape index (κ3) is 2.66. The van der Waals surface area contributed by atoms with E-state index in [9.17, 15) is 15.0 Å². The Bertz CT molecular complexity index is 389. The van der Waals surface area contributed by atoms with Crippen molar-refractivity contribution in [3.05, 3.63) is 17.7 Å². The number of benzene rings is 1. The monoisotopic (exact) mass is 242 g/mol. The number of phenols is 1. The van der Waals surface area contributed by atoms with E-state index in [1.807, 2.05) is 0 Å². The molecule has 0 aliphatic carbocycles. The molecule has 0 bridgehead atoms. The number of rotatable bonds is 5. The highest BCUT2D eigenvalue weighted by Gasteiger charge is 2.20. The van der Waals surface area contributed by atoms with Crippen LogP contribution in [0.4, 0.5) is 0 Å². The second-order valence-corrected chi connectivity index (χ2v) is 3.30. The van der Waals surface area contributed by atoms with Crippen LogP contribution in [0.25, 0.3) is 0 Å².